The highest BCUT2D eigenvalue weighted by Gasteiger charge is 2.20. The first-order chi connectivity index (χ1) is 9.24. The Morgan fingerprint density at radius 2 is 1.86 bits per heavy atom. The average molecular weight is 355 g/mol. The predicted molar refractivity (Wildman–Crippen MR) is 91.4 cm³/mol. The van der Waals surface area contributed by atoms with Crippen LogP contribution in [-0.4, -0.2) is 32.4 Å². The van der Waals surface area contributed by atoms with Gasteiger partial charge in [0, 0.05) is 24.7 Å². The van der Waals surface area contributed by atoms with Gasteiger partial charge < -0.3 is 5.73 Å². The van der Waals surface area contributed by atoms with Gasteiger partial charge in [-0.05, 0) is 24.0 Å². The predicted octanol–water partition coefficient (Wildman–Crippen LogP) is 2.90. The summed E-state index contributed by atoms with van der Waals surface area (Å²) in [5.41, 5.74) is 6.56. The molecule has 0 aromatic heterocycles. The fraction of sp³-hybridized carbons (Fsp3) is 0.571. The second kappa shape index (κ2) is 8.96. The summed E-state index contributed by atoms with van der Waals surface area (Å²) in [6.45, 7) is 4.48. The first-order valence-corrected chi connectivity index (χ1v) is 8.65. The molecule has 0 fully saturated rings. The molecule has 122 valence electrons. The zero-order chi connectivity index (χ0) is 15.3. The maximum absolute atomic E-state index is 12.3. The van der Waals surface area contributed by atoms with Crippen LogP contribution in [0, 0.1) is 5.92 Å². The molecule has 1 aromatic carbocycles. The fourth-order valence-electron chi connectivity index (χ4n) is 1.73. The molecule has 0 aliphatic rings. The fourth-order valence-corrected chi connectivity index (χ4v) is 3.26. The van der Waals surface area contributed by atoms with Gasteiger partial charge >= 0.3 is 0 Å². The number of sulfonamides is 1. The Morgan fingerprint density at radius 1 is 1.29 bits per heavy atom. The van der Waals surface area contributed by atoms with Crippen molar-refractivity contribution in [2.45, 2.75) is 32.1 Å². The quantitative estimate of drug-likeness (QED) is 0.818. The Morgan fingerprint density at radius 3 is 2.38 bits per heavy atom. The molecule has 7 heteroatoms. The Bertz CT molecular complexity index is 536. The lowest BCUT2D eigenvalue weighted by Crippen LogP contribution is -2.35. The molecule has 0 aliphatic carbocycles. The molecule has 0 heterocycles. The molecule has 1 unspecified atom stereocenters. The van der Waals surface area contributed by atoms with Crippen LogP contribution in [-0.2, 0) is 15.8 Å². The number of rotatable bonds is 7. The van der Waals surface area contributed by atoms with E-state index in [1.165, 1.54) is 4.31 Å². The van der Waals surface area contributed by atoms with Gasteiger partial charge in [0.05, 0.1) is 5.75 Å². The second-order valence-corrected chi connectivity index (χ2v) is 7.85. The average Bonchev–Trinajstić information content (AvgIpc) is 2.37. The summed E-state index contributed by atoms with van der Waals surface area (Å²) in [4.78, 5) is 0. The molecule has 1 atom stereocenters. The molecule has 1 aromatic rings. The van der Waals surface area contributed by atoms with Crippen molar-refractivity contribution in [2.75, 3.05) is 13.6 Å². The molecule has 0 amide bonds. The number of hydrogen-bond donors (Lipinski definition) is 1. The largest absolute Gasteiger partial charge is 0.327 e. The third-order valence-electron chi connectivity index (χ3n) is 3.40. The van der Waals surface area contributed by atoms with E-state index in [4.69, 9.17) is 17.3 Å². The molecule has 0 saturated carbocycles. The third-order valence-corrected chi connectivity index (χ3v) is 5.58. The van der Waals surface area contributed by atoms with Crippen molar-refractivity contribution in [3.05, 3.63) is 34.9 Å². The van der Waals surface area contributed by atoms with Crippen LogP contribution in [0.3, 0.4) is 0 Å². The van der Waals surface area contributed by atoms with Gasteiger partial charge in [-0.1, -0.05) is 43.6 Å². The molecular formula is C14H24Cl2N2O2S. The molecule has 2 N–H and O–H groups in total. The zero-order valence-electron chi connectivity index (χ0n) is 12.6. The molecule has 0 radical (unpaired) electrons. The van der Waals surface area contributed by atoms with Crippen LogP contribution in [0.2, 0.25) is 5.02 Å². The molecule has 21 heavy (non-hydrogen) atoms. The molecule has 0 spiro atoms. The van der Waals surface area contributed by atoms with Crippen LogP contribution in [0.1, 0.15) is 25.8 Å². The summed E-state index contributed by atoms with van der Waals surface area (Å²) >= 11 is 6.00. The smallest absolute Gasteiger partial charge is 0.218 e. The van der Waals surface area contributed by atoms with E-state index in [0.29, 0.717) is 29.5 Å². The van der Waals surface area contributed by atoms with Crippen molar-refractivity contribution in [3.8, 4) is 0 Å². The first kappa shape index (κ1) is 20.7. The van der Waals surface area contributed by atoms with Crippen molar-refractivity contribution in [1.82, 2.24) is 4.31 Å². The van der Waals surface area contributed by atoms with Crippen LogP contribution >= 0.6 is 24.0 Å². The standard InChI is InChI=1S/C14H23ClN2O2S.ClH/c1-11(2)14(16)8-9-17(3)20(18,19)10-12-6-4-5-7-13(12)15;/h4-7,11,14H,8-10,16H2,1-3H3;1H. The summed E-state index contributed by atoms with van der Waals surface area (Å²) in [7, 11) is -1.78. The molecule has 0 saturated heterocycles. The van der Waals surface area contributed by atoms with Gasteiger partial charge in [-0.2, -0.15) is 0 Å². The van der Waals surface area contributed by atoms with E-state index in [1.807, 2.05) is 13.8 Å². The maximum Gasteiger partial charge on any atom is 0.218 e. The number of halogens is 2. The summed E-state index contributed by atoms with van der Waals surface area (Å²) in [6, 6.07) is 7.00. The number of hydrogen-bond acceptors (Lipinski definition) is 3. The van der Waals surface area contributed by atoms with Gasteiger partial charge in [0.2, 0.25) is 10.0 Å². The molecule has 1 rings (SSSR count). The first-order valence-electron chi connectivity index (χ1n) is 6.67. The zero-order valence-corrected chi connectivity index (χ0v) is 15.0. The van der Waals surface area contributed by atoms with Crippen molar-refractivity contribution in [1.29, 1.82) is 0 Å². The maximum atomic E-state index is 12.3. The summed E-state index contributed by atoms with van der Waals surface area (Å²) in [6.07, 6.45) is 0.649. The number of nitrogens with zero attached hydrogens (tertiary/aromatic N) is 1. The van der Waals surface area contributed by atoms with E-state index in [-0.39, 0.29) is 24.2 Å². The van der Waals surface area contributed by atoms with Crippen molar-refractivity contribution in [2.24, 2.45) is 11.7 Å². The third kappa shape index (κ3) is 6.53. The Kier molecular flexibility index (Phi) is 8.81. The molecular weight excluding hydrogens is 331 g/mol. The lowest BCUT2D eigenvalue weighted by Gasteiger charge is -2.21. The van der Waals surface area contributed by atoms with Crippen LogP contribution in [0.5, 0.6) is 0 Å². The molecule has 0 aliphatic heterocycles. The van der Waals surface area contributed by atoms with E-state index >= 15 is 0 Å². The summed E-state index contributed by atoms with van der Waals surface area (Å²) < 4.78 is 25.9. The Balaban J connectivity index is 0.00000400. The van der Waals surface area contributed by atoms with Gasteiger partial charge in [-0.15, -0.1) is 12.4 Å². The lowest BCUT2D eigenvalue weighted by atomic mass is 10.0. The minimum absolute atomic E-state index is 0. The molecule has 0 bridgehead atoms. The number of benzene rings is 1. The Hall–Kier alpha value is -0.330. The second-order valence-electron chi connectivity index (χ2n) is 5.37. The topological polar surface area (TPSA) is 63.4 Å². The van der Waals surface area contributed by atoms with E-state index in [0.717, 1.165) is 0 Å². The van der Waals surface area contributed by atoms with Crippen LogP contribution in [0.4, 0.5) is 0 Å². The van der Waals surface area contributed by atoms with Crippen molar-refractivity contribution < 1.29 is 8.42 Å². The van der Waals surface area contributed by atoms with Gasteiger partial charge in [0.1, 0.15) is 0 Å². The summed E-state index contributed by atoms with van der Waals surface area (Å²) in [5.74, 6) is 0.259. The van der Waals surface area contributed by atoms with Crippen LogP contribution in [0.25, 0.3) is 0 Å². The summed E-state index contributed by atoms with van der Waals surface area (Å²) in [5, 5.41) is 0.475. The highest BCUT2D eigenvalue weighted by Crippen LogP contribution is 2.19. The van der Waals surface area contributed by atoms with Gasteiger partial charge in [-0.3, -0.25) is 0 Å². The van der Waals surface area contributed by atoms with E-state index < -0.39 is 10.0 Å². The van der Waals surface area contributed by atoms with Crippen LogP contribution in [0.15, 0.2) is 24.3 Å². The minimum atomic E-state index is -3.36. The van der Waals surface area contributed by atoms with Gasteiger partial charge in [0.15, 0.2) is 0 Å². The number of nitrogens with two attached hydrogens (primary N) is 1. The normalized spacial score (nSPS) is 13.3. The van der Waals surface area contributed by atoms with Gasteiger partial charge in [-0.25, -0.2) is 12.7 Å². The SMILES string of the molecule is CC(C)C(N)CCN(C)S(=O)(=O)Cc1ccccc1Cl.Cl. The lowest BCUT2D eigenvalue weighted by molar-refractivity contribution is 0.397. The van der Waals surface area contributed by atoms with Crippen molar-refractivity contribution in [3.63, 3.8) is 0 Å². The van der Waals surface area contributed by atoms with Gasteiger partial charge in [0.25, 0.3) is 0 Å². The minimum Gasteiger partial charge on any atom is -0.327 e. The Labute approximate surface area is 139 Å². The highest BCUT2D eigenvalue weighted by molar-refractivity contribution is 7.88. The van der Waals surface area contributed by atoms with Crippen molar-refractivity contribution >= 4 is 34.0 Å². The van der Waals surface area contributed by atoms with Crippen LogP contribution < -0.4 is 5.73 Å². The van der Waals surface area contributed by atoms with E-state index in [9.17, 15) is 8.42 Å². The van der Waals surface area contributed by atoms with E-state index in [1.54, 1.807) is 31.3 Å². The van der Waals surface area contributed by atoms with E-state index in [2.05, 4.69) is 0 Å². The molecule has 4 nitrogen and oxygen atoms in total. The highest BCUT2D eigenvalue weighted by atomic mass is 35.5. The monoisotopic (exact) mass is 354 g/mol.